The van der Waals surface area contributed by atoms with Crippen molar-refractivity contribution in [1.29, 1.82) is 5.26 Å². The molecule has 124 valence electrons. The van der Waals surface area contributed by atoms with Gasteiger partial charge in [0.15, 0.2) is 0 Å². The quantitative estimate of drug-likeness (QED) is 0.906. The van der Waals surface area contributed by atoms with Crippen molar-refractivity contribution in [1.82, 2.24) is 9.88 Å². The molecule has 24 heavy (non-hydrogen) atoms. The fourth-order valence-corrected chi connectivity index (χ4v) is 3.25. The Morgan fingerprint density at radius 2 is 2.04 bits per heavy atom. The summed E-state index contributed by atoms with van der Waals surface area (Å²) < 4.78 is 0. The molecule has 1 aliphatic heterocycles. The van der Waals surface area contributed by atoms with E-state index < -0.39 is 0 Å². The molecule has 4 nitrogen and oxygen atoms in total. The molecular formula is C20H24N4. The number of hydrogen-bond acceptors (Lipinski definition) is 4. The predicted octanol–water partition coefficient (Wildman–Crippen LogP) is 3.94. The van der Waals surface area contributed by atoms with E-state index in [1.54, 1.807) is 12.3 Å². The summed E-state index contributed by atoms with van der Waals surface area (Å²) in [5.41, 5.74) is 3.27. The molecule has 2 heterocycles. The summed E-state index contributed by atoms with van der Waals surface area (Å²) in [6, 6.07) is 15.0. The third-order valence-electron chi connectivity index (χ3n) is 4.78. The van der Waals surface area contributed by atoms with Gasteiger partial charge in [-0.3, -0.25) is 4.90 Å². The van der Waals surface area contributed by atoms with E-state index in [1.807, 2.05) is 6.07 Å². The monoisotopic (exact) mass is 320 g/mol. The van der Waals surface area contributed by atoms with Crippen LogP contribution in [0.4, 0.5) is 5.82 Å². The zero-order chi connectivity index (χ0) is 16.8. The average Bonchev–Trinajstić information content (AvgIpc) is 2.63. The van der Waals surface area contributed by atoms with Gasteiger partial charge in [-0.15, -0.1) is 0 Å². The van der Waals surface area contributed by atoms with E-state index >= 15 is 0 Å². The van der Waals surface area contributed by atoms with E-state index in [-0.39, 0.29) is 0 Å². The zero-order valence-corrected chi connectivity index (χ0v) is 14.2. The van der Waals surface area contributed by atoms with Crippen LogP contribution in [0.2, 0.25) is 0 Å². The van der Waals surface area contributed by atoms with E-state index in [1.165, 1.54) is 36.9 Å². The standard InChI is InChI=1S/C20H24N4/c1-16-6-4-5-11-24(16)15-19-8-3-2-7-18(19)14-23-20-10-9-17(12-21)13-22-20/h2-3,7-10,13,16H,4-6,11,14-15H2,1H3,(H,22,23)/t16-/m1/s1. The minimum atomic E-state index is 0.583. The summed E-state index contributed by atoms with van der Waals surface area (Å²) >= 11 is 0. The molecule has 0 aliphatic carbocycles. The summed E-state index contributed by atoms with van der Waals surface area (Å²) in [5, 5.41) is 12.2. The molecule has 0 unspecified atom stereocenters. The van der Waals surface area contributed by atoms with Gasteiger partial charge in [0.2, 0.25) is 0 Å². The van der Waals surface area contributed by atoms with E-state index in [9.17, 15) is 0 Å². The summed E-state index contributed by atoms with van der Waals surface area (Å²) in [6.45, 7) is 5.29. The first kappa shape index (κ1) is 16.5. The number of likely N-dealkylation sites (tertiary alicyclic amines) is 1. The number of nitrogens with zero attached hydrogens (tertiary/aromatic N) is 3. The van der Waals surface area contributed by atoms with Crippen LogP contribution < -0.4 is 5.32 Å². The van der Waals surface area contributed by atoms with Crippen LogP contribution >= 0.6 is 0 Å². The number of hydrogen-bond donors (Lipinski definition) is 1. The van der Waals surface area contributed by atoms with Gasteiger partial charge in [-0.25, -0.2) is 4.98 Å². The van der Waals surface area contributed by atoms with Crippen LogP contribution in [-0.2, 0) is 13.1 Å². The molecule has 0 amide bonds. The molecule has 3 rings (SSSR count). The molecular weight excluding hydrogens is 296 g/mol. The highest BCUT2D eigenvalue weighted by atomic mass is 15.2. The van der Waals surface area contributed by atoms with Crippen molar-refractivity contribution in [3.8, 4) is 6.07 Å². The number of aromatic nitrogens is 1. The Morgan fingerprint density at radius 1 is 1.21 bits per heavy atom. The maximum absolute atomic E-state index is 8.83. The third kappa shape index (κ3) is 4.12. The van der Waals surface area contributed by atoms with Crippen LogP contribution in [0.1, 0.15) is 42.9 Å². The average molecular weight is 320 g/mol. The molecule has 1 fully saturated rings. The molecule has 4 heteroatoms. The van der Waals surface area contributed by atoms with E-state index in [0.717, 1.165) is 18.9 Å². The maximum Gasteiger partial charge on any atom is 0.126 e. The molecule has 0 bridgehead atoms. The first-order valence-corrected chi connectivity index (χ1v) is 8.67. The Bertz CT molecular complexity index is 702. The Kier molecular flexibility index (Phi) is 5.45. The first-order valence-electron chi connectivity index (χ1n) is 8.67. The second-order valence-corrected chi connectivity index (χ2v) is 6.48. The fraction of sp³-hybridized carbons (Fsp3) is 0.400. The zero-order valence-electron chi connectivity index (χ0n) is 14.2. The van der Waals surface area contributed by atoms with Gasteiger partial charge in [-0.05, 0) is 49.6 Å². The van der Waals surface area contributed by atoms with Gasteiger partial charge in [0.25, 0.3) is 0 Å². The Morgan fingerprint density at radius 3 is 2.75 bits per heavy atom. The van der Waals surface area contributed by atoms with Crippen molar-refractivity contribution in [2.75, 3.05) is 11.9 Å². The van der Waals surface area contributed by atoms with Gasteiger partial charge < -0.3 is 5.32 Å². The topological polar surface area (TPSA) is 52.0 Å². The normalized spacial score (nSPS) is 18.1. The third-order valence-corrected chi connectivity index (χ3v) is 4.78. The van der Waals surface area contributed by atoms with E-state index in [2.05, 4.69) is 52.5 Å². The minimum Gasteiger partial charge on any atom is -0.366 e. The summed E-state index contributed by atoms with van der Waals surface area (Å²) in [5.74, 6) is 0.801. The Balaban J connectivity index is 1.66. The van der Waals surface area contributed by atoms with E-state index in [0.29, 0.717) is 11.6 Å². The van der Waals surface area contributed by atoms with Crippen molar-refractivity contribution in [3.05, 3.63) is 59.3 Å². The lowest BCUT2D eigenvalue weighted by atomic mass is 10.0. The van der Waals surface area contributed by atoms with Gasteiger partial charge in [0.05, 0.1) is 5.56 Å². The highest BCUT2D eigenvalue weighted by Crippen LogP contribution is 2.21. The van der Waals surface area contributed by atoms with Crippen LogP contribution in [-0.4, -0.2) is 22.5 Å². The molecule has 1 aromatic carbocycles. The van der Waals surface area contributed by atoms with Crippen LogP contribution in [0.3, 0.4) is 0 Å². The lowest BCUT2D eigenvalue weighted by Gasteiger charge is -2.33. The van der Waals surface area contributed by atoms with Crippen LogP contribution in [0.5, 0.6) is 0 Å². The van der Waals surface area contributed by atoms with Crippen molar-refractivity contribution in [3.63, 3.8) is 0 Å². The molecule has 1 atom stereocenters. The Hall–Kier alpha value is -2.38. The lowest BCUT2D eigenvalue weighted by molar-refractivity contribution is 0.152. The second kappa shape index (κ2) is 7.94. The van der Waals surface area contributed by atoms with E-state index in [4.69, 9.17) is 5.26 Å². The highest BCUT2D eigenvalue weighted by molar-refractivity contribution is 5.40. The molecule has 1 N–H and O–H groups in total. The molecule has 0 saturated carbocycles. The number of pyridine rings is 1. The van der Waals surface area contributed by atoms with Crippen molar-refractivity contribution >= 4 is 5.82 Å². The summed E-state index contributed by atoms with van der Waals surface area (Å²) in [7, 11) is 0. The summed E-state index contributed by atoms with van der Waals surface area (Å²) in [4.78, 5) is 6.86. The molecule has 0 spiro atoms. The number of piperidine rings is 1. The Labute approximate surface area is 144 Å². The van der Waals surface area contributed by atoms with Crippen LogP contribution in [0.15, 0.2) is 42.6 Å². The smallest absolute Gasteiger partial charge is 0.126 e. The van der Waals surface area contributed by atoms with Gasteiger partial charge in [0.1, 0.15) is 11.9 Å². The predicted molar refractivity (Wildman–Crippen MR) is 96.4 cm³/mol. The molecule has 0 radical (unpaired) electrons. The number of anilines is 1. The molecule has 2 aromatic rings. The number of benzene rings is 1. The maximum atomic E-state index is 8.83. The van der Waals surface area contributed by atoms with Crippen molar-refractivity contribution in [2.24, 2.45) is 0 Å². The SMILES string of the molecule is C[C@@H]1CCCCN1Cc1ccccc1CNc1ccc(C#N)cn1. The van der Waals surface area contributed by atoms with Gasteiger partial charge in [-0.2, -0.15) is 5.26 Å². The summed E-state index contributed by atoms with van der Waals surface area (Å²) in [6.07, 6.45) is 5.56. The van der Waals surface area contributed by atoms with Crippen molar-refractivity contribution < 1.29 is 0 Å². The second-order valence-electron chi connectivity index (χ2n) is 6.48. The number of rotatable bonds is 5. The van der Waals surface area contributed by atoms with Crippen molar-refractivity contribution in [2.45, 2.75) is 45.3 Å². The van der Waals surface area contributed by atoms with Crippen LogP contribution in [0, 0.1) is 11.3 Å². The molecule has 1 aromatic heterocycles. The van der Waals surface area contributed by atoms with Crippen LogP contribution in [0.25, 0.3) is 0 Å². The molecule has 1 aliphatic rings. The minimum absolute atomic E-state index is 0.583. The fourth-order valence-electron chi connectivity index (χ4n) is 3.25. The van der Waals surface area contributed by atoms with Gasteiger partial charge in [-0.1, -0.05) is 30.7 Å². The largest absolute Gasteiger partial charge is 0.366 e. The highest BCUT2D eigenvalue weighted by Gasteiger charge is 2.19. The first-order chi connectivity index (χ1) is 11.8. The molecule has 1 saturated heterocycles. The van der Waals surface area contributed by atoms with Gasteiger partial charge in [0, 0.05) is 25.3 Å². The lowest BCUT2D eigenvalue weighted by Crippen LogP contribution is -2.37. The number of nitriles is 1. The van der Waals surface area contributed by atoms with Gasteiger partial charge >= 0.3 is 0 Å². The number of nitrogens with one attached hydrogen (secondary N) is 1.